The Kier molecular flexibility index (Phi) is 4.06. The zero-order chi connectivity index (χ0) is 9.84. The van der Waals surface area contributed by atoms with Gasteiger partial charge in [-0.2, -0.15) is 0 Å². The lowest BCUT2D eigenvalue weighted by Crippen LogP contribution is -2.43. The lowest BCUT2D eigenvalue weighted by Gasteiger charge is -2.31. The van der Waals surface area contributed by atoms with Crippen LogP contribution in [0.25, 0.3) is 0 Å². The van der Waals surface area contributed by atoms with Gasteiger partial charge in [0.05, 0.1) is 11.9 Å². The van der Waals surface area contributed by atoms with E-state index in [1.807, 2.05) is 11.8 Å². The average Bonchev–Trinajstić information content (AvgIpc) is 1.96. The predicted octanol–water partition coefficient (Wildman–Crippen LogP) is 0.721. The van der Waals surface area contributed by atoms with Gasteiger partial charge in [0.1, 0.15) is 0 Å². The Bertz CT molecular complexity index is 180. The summed E-state index contributed by atoms with van der Waals surface area (Å²) in [6, 6.07) is 0. The first-order chi connectivity index (χ1) is 6.11. The second-order valence-electron chi connectivity index (χ2n) is 3.49. The first-order valence-corrected chi connectivity index (χ1v) is 5.73. The fraction of sp³-hybridized carbons (Fsp3) is 0.889. The van der Waals surface area contributed by atoms with Crippen LogP contribution in [0.15, 0.2) is 0 Å². The van der Waals surface area contributed by atoms with Crippen molar-refractivity contribution >= 4 is 17.7 Å². The summed E-state index contributed by atoms with van der Waals surface area (Å²) in [5.41, 5.74) is 0. The highest BCUT2D eigenvalue weighted by Gasteiger charge is 2.21. The summed E-state index contributed by atoms with van der Waals surface area (Å²) in [6.07, 6.45) is 0.803. The van der Waals surface area contributed by atoms with Crippen molar-refractivity contribution < 1.29 is 9.90 Å². The van der Waals surface area contributed by atoms with Crippen molar-refractivity contribution in [1.29, 1.82) is 0 Å². The molecule has 0 aromatic carbocycles. The summed E-state index contributed by atoms with van der Waals surface area (Å²) in [5, 5.41) is 9.34. The molecule has 0 radical (unpaired) electrons. The standard InChI is InChI=1S/C9H17NO2S/c1-7(11)8(2)13-6-9(12)10-4-3-5-10/h7-8,11H,3-6H2,1-2H3. The largest absolute Gasteiger partial charge is 0.392 e. The SMILES string of the molecule is CC(O)C(C)SCC(=O)N1CCC1. The molecule has 1 aliphatic heterocycles. The molecule has 1 N–H and O–H groups in total. The first-order valence-electron chi connectivity index (χ1n) is 4.68. The number of amides is 1. The lowest BCUT2D eigenvalue weighted by molar-refractivity contribution is -0.131. The molecule has 3 nitrogen and oxygen atoms in total. The number of carbonyl (C=O) groups is 1. The molecule has 76 valence electrons. The maximum atomic E-state index is 11.4. The lowest BCUT2D eigenvalue weighted by atomic mass is 10.2. The number of carbonyl (C=O) groups excluding carboxylic acids is 1. The van der Waals surface area contributed by atoms with Gasteiger partial charge in [0, 0.05) is 18.3 Å². The summed E-state index contributed by atoms with van der Waals surface area (Å²) in [7, 11) is 0. The van der Waals surface area contributed by atoms with Gasteiger partial charge in [0.25, 0.3) is 0 Å². The number of likely N-dealkylation sites (tertiary alicyclic amines) is 1. The molecule has 1 aliphatic rings. The number of thioether (sulfide) groups is 1. The highest BCUT2D eigenvalue weighted by atomic mass is 32.2. The van der Waals surface area contributed by atoms with Crippen molar-refractivity contribution in [2.24, 2.45) is 0 Å². The van der Waals surface area contributed by atoms with Crippen molar-refractivity contribution in [3.05, 3.63) is 0 Å². The van der Waals surface area contributed by atoms with Crippen molar-refractivity contribution in [2.75, 3.05) is 18.8 Å². The molecule has 2 atom stereocenters. The van der Waals surface area contributed by atoms with E-state index in [1.165, 1.54) is 11.8 Å². The normalized spacial score (nSPS) is 20.7. The molecule has 2 unspecified atom stereocenters. The van der Waals surface area contributed by atoms with Crippen LogP contribution in [0.5, 0.6) is 0 Å². The van der Waals surface area contributed by atoms with Gasteiger partial charge in [-0.05, 0) is 13.3 Å². The van der Waals surface area contributed by atoms with E-state index in [4.69, 9.17) is 0 Å². The summed E-state index contributed by atoms with van der Waals surface area (Å²) in [4.78, 5) is 13.2. The highest BCUT2D eigenvalue weighted by molar-refractivity contribution is 8.00. The van der Waals surface area contributed by atoms with Crippen molar-refractivity contribution in [3.8, 4) is 0 Å². The van der Waals surface area contributed by atoms with E-state index >= 15 is 0 Å². The van der Waals surface area contributed by atoms with Crippen LogP contribution >= 0.6 is 11.8 Å². The number of nitrogens with zero attached hydrogens (tertiary/aromatic N) is 1. The monoisotopic (exact) mass is 203 g/mol. The van der Waals surface area contributed by atoms with E-state index in [-0.39, 0.29) is 17.3 Å². The Morgan fingerprint density at radius 2 is 2.15 bits per heavy atom. The minimum atomic E-state index is -0.339. The van der Waals surface area contributed by atoms with Gasteiger partial charge < -0.3 is 10.0 Å². The minimum Gasteiger partial charge on any atom is -0.392 e. The van der Waals surface area contributed by atoms with Crippen LogP contribution in [0, 0.1) is 0 Å². The van der Waals surface area contributed by atoms with Gasteiger partial charge >= 0.3 is 0 Å². The molecule has 1 amide bonds. The predicted molar refractivity (Wildman–Crippen MR) is 54.8 cm³/mol. The van der Waals surface area contributed by atoms with Crippen molar-refractivity contribution in [3.63, 3.8) is 0 Å². The Morgan fingerprint density at radius 1 is 1.54 bits per heavy atom. The second kappa shape index (κ2) is 4.86. The van der Waals surface area contributed by atoms with Crippen molar-refractivity contribution in [1.82, 2.24) is 4.90 Å². The minimum absolute atomic E-state index is 0.144. The van der Waals surface area contributed by atoms with Crippen LogP contribution in [0.4, 0.5) is 0 Å². The van der Waals surface area contributed by atoms with Gasteiger partial charge in [-0.3, -0.25) is 4.79 Å². The quantitative estimate of drug-likeness (QED) is 0.732. The van der Waals surface area contributed by atoms with Crippen LogP contribution in [0.2, 0.25) is 0 Å². The van der Waals surface area contributed by atoms with E-state index in [0.29, 0.717) is 5.75 Å². The van der Waals surface area contributed by atoms with Gasteiger partial charge in [-0.25, -0.2) is 0 Å². The van der Waals surface area contributed by atoms with E-state index in [1.54, 1.807) is 6.92 Å². The molecule has 0 aliphatic carbocycles. The van der Waals surface area contributed by atoms with Crippen LogP contribution in [0.3, 0.4) is 0 Å². The fourth-order valence-electron chi connectivity index (χ4n) is 0.999. The van der Waals surface area contributed by atoms with Crippen LogP contribution in [-0.4, -0.2) is 46.1 Å². The van der Waals surface area contributed by atoms with Gasteiger partial charge in [0.2, 0.25) is 5.91 Å². The van der Waals surface area contributed by atoms with Gasteiger partial charge in [-0.15, -0.1) is 11.8 Å². The highest BCUT2D eigenvalue weighted by Crippen LogP contribution is 2.16. The van der Waals surface area contributed by atoms with Crippen LogP contribution in [0.1, 0.15) is 20.3 Å². The van der Waals surface area contributed by atoms with Gasteiger partial charge in [-0.1, -0.05) is 6.92 Å². The summed E-state index contributed by atoms with van der Waals surface area (Å²) in [6.45, 7) is 5.54. The number of hydrogen-bond donors (Lipinski definition) is 1. The Morgan fingerprint density at radius 3 is 2.54 bits per heavy atom. The molecule has 0 spiro atoms. The van der Waals surface area contributed by atoms with E-state index in [2.05, 4.69) is 0 Å². The molecule has 0 saturated carbocycles. The molecular formula is C9H17NO2S. The molecule has 1 rings (SSSR count). The molecule has 0 aromatic heterocycles. The molecule has 1 heterocycles. The third kappa shape index (κ3) is 3.19. The molecule has 0 bridgehead atoms. The van der Waals surface area contributed by atoms with E-state index in [0.717, 1.165) is 19.5 Å². The number of aliphatic hydroxyl groups is 1. The summed E-state index contributed by atoms with van der Waals surface area (Å²) in [5.74, 6) is 0.718. The molecular weight excluding hydrogens is 186 g/mol. The molecule has 1 saturated heterocycles. The first kappa shape index (κ1) is 10.9. The summed E-state index contributed by atoms with van der Waals surface area (Å²) >= 11 is 1.53. The van der Waals surface area contributed by atoms with E-state index in [9.17, 15) is 9.90 Å². The average molecular weight is 203 g/mol. The Labute approximate surface area is 83.5 Å². The molecule has 0 aromatic rings. The second-order valence-corrected chi connectivity index (χ2v) is 4.86. The van der Waals surface area contributed by atoms with Gasteiger partial charge in [0.15, 0.2) is 0 Å². The maximum absolute atomic E-state index is 11.4. The maximum Gasteiger partial charge on any atom is 0.232 e. The number of aliphatic hydroxyl groups excluding tert-OH is 1. The Hall–Kier alpha value is -0.220. The third-order valence-corrected chi connectivity index (χ3v) is 3.69. The molecule has 13 heavy (non-hydrogen) atoms. The fourth-order valence-corrected chi connectivity index (χ4v) is 1.87. The Balaban J connectivity index is 2.14. The zero-order valence-electron chi connectivity index (χ0n) is 8.19. The summed E-state index contributed by atoms with van der Waals surface area (Å²) < 4.78 is 0. The van der Waals surface area contributed by atoms with Crippen LogP contribution in [-0.2, 0) is 4.79 Å². The number of rotatable bonds is 4. The van der Waals surface area contributed by atoms with E-state index < -0.39 is 0 Å². The zero-order valence-corrected chi connectivity index (χ0v) is 9.01. The molecule has 4 heteroatoms. The number of hydrogen-bond acceptors (Lipinski definition) is 3. The topological polar surface area (TPSA) is 40.5 Å². The van der Waals surface area contributed by atoms with Crippen LogP contribution < -0.4 is 0 Å². The van der Waals surface area contributed by atoms with Crippen molar-refractivity contribution in [2.45, 2.75) is 31.6 Å². The molecule has 1 fully saturated rings. The smallest absolute Gasteiger partial charge is 0.232 e. The third-order valence-electron chi connectivity index (χ3n) is 2.36.